The van der Waals surface area contributed by atoms with Crippen LogP contribution in [0.25, 0.3) is 12.2 Å². The lowest BCUT2D eigenvalue weighted by Crippen LogP contribution is -1.73. The number of tetrazole rings is 1. The van der Waals surface area contributed by atoms with Crippen LogP contribution in [0, 0.1) is 0 Å². The minimum Gasteiger partial charge on any atom is -0.367 e. The fraction of sp³-hybridized carbons (Fsp3) is 0. The van der Waals surface area contributed by atoms with E-state index in [1.165, 1.54) is 0 Å². The lowest BCUT2D eigenvalue weighted by Gasteiger charge is -1.80. The Balaban J connectivity index is 2.14. The van der Waals surface area contributed by atoms with Crippen LogP contribution in [-0.4, -0.2) is 25.6 Å². The van der Waals surface area contributed by atoms with Gasteiger partial charge in [0, 0.05) is 12.4 Å². The van der Waals surface area contributed by atoms with E-state index in [-0.39, 0.29) is 0 Å². The highest BCUT2D eigenvalue weighted by Gasteiger charge is 1.89. The molecule has 2 heterocycles. The van der Waals surface area contributed by atoms with Gasteiger partial charge in [-0.15, -0.1) is 5.10 Å². The molecule has 5 nitrogen and oxygen atoms in total. The first-order valence-electron chi connectivity index (χ1n) is 3.50. The van der Waals surface area contributed by atoms with Crippen molar-refractivity contribution in [2.75, 3.05) is 0 Å². The predicted octanol–water partition coefficient (Wildman–Crippen LogP) is 0.698. The first-order valence-corrected chi connectivity index (χ1v) is 3.50. The number of nitrogens with zero attached hydrogens (tertiary/aromatic N) is 3. The third-order valence-corrected chi connectivity index (χ3v) is 1.42. The van der Waals surface area contributed by atoms with E-state index in [0.717, 1.165) is 5.56 Å². The zero-order valence-electron chi connectivity index (χ0n) is 6.23. The molecule has 2 aromatic rings. The van der Waals surface area contributed by atoms with Crippen molar-refractivity contribution in [2.24, 2.45) is 0 Å². The van der Waals surface area contributed by atoms with Crippen molar-refractivity contribution >= 4 is 12.2 Å². The maximum absolute atomic E-state index is 3.70. The molecule has 0 aliphatic carbocycles. The molecule has 0 amide bonds. The molecule has 5 heteroatoms. The summed E-state index contributed by atoms with van der Waals surface area (Å²) in [7, 11) is 0. The highest BCUT2D eigenvalue weighted by atomic mass is 15.5. The van der Waals surface area contributed by atoms with Gasteiger partial charge >= 0.3 is 0 Å². The standard InChI is InChI=1S/C7H7N5/c1(6-3-4-8-5-6)2-7-9-11-12-10-7/h1-5,8H,(H,9,10,11,12)/b2-1+. The van der Waals surface area contributed by atoms with E-state index in [1.54, 1.807) is 0 Å². The maximum Gasteiger partial charge on any atom is 0.172 e. The first-order chi connectivity index (χ1) is 5.95. The van der Waals surface area contributed by atoms with Crippen molar-refractivity contribution in [1.82, 2.24) is 25.6 Å². The molecule has 0 aliphatic heterocycles. The number of rotatable bonds is 2. The van der Waals surface area contributed by atoms with Gasteiger partial charge in [-0.3, -0.25) is 0 Å². The number of aromatic amines is 2. The van der Waals surface area contributed by atoms with Crippen LogP contribution in [0.5, 0.6) is 0 Å². The van der Waals surface area contributed by atoms with Crippen molar-refractivity contribution in [3.05, 3.63) is 29.8 Å². The molecule has 0 unspecified atom stereocenters. The number of nitrogens with one attached hydrogen (secondary N) is 2. The van der Waals surface area contributed by atoms with Gasteiger partial charge in [-0.1, -0.05) is 0 Å². The van der Waals surface area contributed by atoms with Gasteiger partial charge < -0.3 is 4.98 Å². The van der Waals surface area contributed by atoms with Crippen LogP contribution in [0.1, 0.15) is 11.4 Å². The van der Waals surface area contributed by atoms with Crippen LogP contribution in [0.2, 0.25) is 0 Å². The number of aromatic nitrogens is 5. The summed E-state index contributed by atoms with van der Waals surface area (Å²) < 4.78 is 0. The molecule has 12 heavy (non-hydrogen) atoms. The number of H-pyrrole nitrogens is 2. The molecule has 2 aromatic heterocycles. The zero-order chi connectivity index (χ0) is 8.23. The minimum atomic E-state index is 0.649. The van der Waals surface area contributed by atoms with Gasteiger partial charge in [0.2, 0.25) is 0 Å². The van der Waals surface area contributed by atoms with Crippen molar-refractivity contribution < 1.29 is 0 Å². The maximum atomic E-state index is 3.70. The Hall–Kier alpha value is -1.91. The van der Waals surface area contributed by atoms with Crippen LogP contribution >= 0.6 is 0 Å². The largest absolute Gasteiger partial charge is 0.367 e. The summed E-state index contributed by atoms with van der Waals surface area (Å²) in [5.41, 5.74) is 1.09. The summed E-state index contributed by atoms with van der Waals surface area (Å²) in [5, 5.41) is 13.2. The van der Waals surface area contributed by atoms with E-state index in [2.05, 4.69) is 25.6 Å². The highest BCUT2D eigenvalue weighted by Crippen LogP contribution is 2.01. The molecule has 2 N–H and O–H groups in total. The Labute approximate surface area is 68.5 Å². The SMILES string of the molecule is C(=C\c1nnn[nH]1)/c1cc[nH]c1. The summed E-state index contributed by atoms with van der Waals surface area (Å²) in [6.45, 7) is 0. The number of hydrogen-bond donors (Lipinski definition) is 2. The molecule has 60 valence electrons. The van der Waals surface area contributed by atoms with E-state index >= 15 is 0 Å². The van der Waals surface area contributed by atoms with Crippen molar-refractivity contribution in [1.29, 1.82) is 0 Å². The van der Waals surface area contributed by atoms with Gasteiger partial charge in [-0.2, -0.15) is 0 Å². The molecule has 0 saturated carbocycles. The molecular formula is C7H7N5. The van der Waals surface area contributed by atoms with Crippen LogP contribution in [-0.2, 0) is 0 Å². The molecule has 0 aliphatic rings. The molecule has 0 fully saturated rings. The second-order valence-electron chi connectivity index (χ2n) is 2.26. The third-order valence-electron chi connectivity index (χ3n) is 1.42. The molecule has 0 saturated heterocycles. The Kier molecular flexibility index (Phi) is 1.69. The average Bonchev–Trinajstić information content (AvgIpc) is 2.74. The van der Waals surface area contributed by atoms with Gasteiger partial charge in [0.1, 0.15) is 0 Å². The highest BCUT2D eigenvalue weighted by molar-refractivity contribution is 5.65. The molecule has 2 rings (SSSR count). The van der Waals surface area contributed by atoms with Crippen LogP contribution in [0.4, 0.5) is 0 Å². The summed E-state index contributed by atoms with van der Waals surface area (Å²) >= 11 is 0. The average molecular weight is 161 g/mol. The van der Waals surface area contributed by atoms with Crippen molar-refractivity contribution in [3.63, 3.8) is 0 Å². The second kappa shape index (κ2) is 3.00. The fourth-order valence-corrected chi connectivity index (χ4v) is 0.853. The van der Waals surface area contributed by atoms with Crippen molar-refractivity contribution in [2.45, 2.75) is 0 Å². The zero-order valence-corrected chi connectivity index (χ0v) is 6.23. The smallest absolute Gasteiger partial charge is 0.172 e. The molecule has 0 atom stereocenters. The van der Waals surface area contributed by atoms with Gasteiger partial charge in [-0.05, 0) is 34.2 Å². The van der Waals surface area contributed by atoms with Crippen molar-refractivity contribution in [3.8, 4) is 0 Å². The summed E-state index contributed by atoms with van der Waals surface area (Å²) in [4.78, 5) is 2.95. The lowest BCUT2D eigenvalue weighted by atomic mass is 10.3. The first kappa shape index (κ1) is 6.78. The summed E-state index contributed by atoms with van der Waals surface area (Å²) in [5.74, 6) is 0.649. The summed E-state index contributed by atoms with van der Waals surface area (Å²) in [6.07, 6.45) is 7.47. The van der Waals surface area contributed by atoms with Gasteiger partial charge in [0.25, 0.3) is 0 Å². The Bertz CT molecular complexity index is 309. The molecule has 0 bridgehead atoms. The van der Waals surface area contributed by atoms with E-state index in [1.807, 2.05) is 30.6 Å². The predicted molar refractivity (Wildman–Crippen MR) is 43.9 cm³/mol. The molecule has 0 spiro atoms. The van der Waals surface area contributed by atoms with Crippen LogP contribution in [0.15, 0.2) is 18.5 Å². The van der Waals surface area contributed by atoms with Gasteiger partial charge in [-0.25, -0.2) is 5.10 Å². The second-order valence-corrected chi connectivity index (χ2v) is 2.26. The molecule has 0 radical (unpaired) electrons. The minimum absolute atomic E-state index is 0.649. The Morgan fingerprint density at radius 3 is 3.00 bits per heavy atom. The summed E-state index contributed by atoms with van der Waals surface area (Å²) in [6, 6.07) is 1.96. The van der Waals surface area contributed by atoms with E-state index in [9.17, 15) is 0 Å². The van der Waals surface area contributed by atoms with Crippen LogP contribution in [0.3, 0.4) is 0 Å². The quantitative estimate of drug-likeness (QED) is 0.681. The van der Waals surface area contributed by atoms with E-state index in [4.69, 9.17) is 0 Å². The molecule has 0 aromatic carbocycles. The topological polar surface area (TPSA) is 70.2 Å². The third kappa shape index (κ3) is 1.39. The normalized spacial score (nSPS) is 11.0. The van der Waals surface area contributed by atoms with Crippen LogP contribution < -0.4 is 0 Å². The van der Waals surface area contributed by atoms with Gasteiger partial charge in [0.15, 0.2) is 5.82 Å². The molecular weight excluding hydrogens is 154 g/mol. The number of hydrogen-bond acceptors (Lipinski definition) is 3. The Morgan fingerprint density at radius 1 is 1.33 bits per heavy atom. The van der Waals surface area contributed by atoms with E-state index in [0.29, 0.717) is 5.82 Å². The fourth-order valence-electron chi connectivity index (χ4n) is 0.853. The Morgan fingerprint density at radius 2 is 2.33 bits per heavy atom. The monoisotopic (exact) mass is 161 g/mol. The lowest BCUT2D eigenvalue weighted by molar-refractivity contribution is 0.881. The van der Waals surface area contributed by atoms with Gasteiger partial charge in [0.05, 0.1) is 0 Å². The van der Waals surface area contributed by atoms with E-state index < -0.39 is 0 Å².